The van der Waals surface area contributed by atoms with Gasteiger partial charge in [0.15, 0.2) is 0 Å². The number of hydrogen-bond acceptors (Lipinski definition) is 5. The average Bonchev–Trinajstić information content (AvgIpc) is 2.55. The number of aryl methyl sites for hydroxylation is 1. The predicted molar refractivity (Wildman–Crippen MR) is 86.5 cm³/mol. The summed E-state index contributed by atoms with van der Waals surface area (Å²) in [4.78, 5) is 0.143. The molecule has 23 heavy (non-hydrogen) atoms. The van der Waals surface area contributed by atoms with Crippen molar-refractivity contribution in [2.24, 2.45) is 0 Å². The monoisotopic (exact) mass is 336 g/mol. The molecule has 0 saturated heterocycles. The molecule has 0 radical (unpaired) electrons. The minimum Gasteiger partial charge on any atom is -0.393 e. The van der Waals surface area contributed by atoms with E-state index >= 15 is 0 Å². The molecule has 0 bridgehead atoms. The summed E-state index contributed by atoms with van der Waals surface area (Å²) in [5.41, 5.74) is 2.48. The number of hydrogen-bond donors (Lipinski definition) is 2. The molecule has 124 valence electrons. The van der Waals surface area contributed by atoms with Crippen LogP contribution >= 0.6 is 0 Å². The average molecular weight is 336 g/mol. The highest BCUT2D eigenvalue weighted by Crippen LogP contribution is 2.15. The third-order valence-corrected chi connectivity index (χ3v) is 4.80. The molecule has 1 unspecified atom stereocenters. The van der Waals surface area contributed by atoms with E-state index in [-0.39, 0.29) is 18.1 Å². The lowest BCUT2D eigenvalue weighted by Gasteiger charge is -2.09. The minimum absolute atomic E-state index is 0.0398. The Balaban J connectivity index is 1.92. The van der Waals surface area contributed by atoms with E-state index in [0.29, 0.717) is 12.0 Å². The highest BCUT2D eigenvalue weighted by molar-refractivity contribution is 7.86. The highest BCUT2D eigenvalue weighted by atomic mass is 32.2. The summed E-state index contributed by atoms with van der Waals surface area (Å²) in [6, 6.07) is 13.4. The van der Waals surface area contributed by atoms with Crippen molar-refractivity contribution in [2.75, 3.05) is 13.2 Å². The van der Waals surface area contributed by atoms with Gasteiger partial charge in [-0.2, -0.15) is 8.42 Å². The quantitative estimate of drug-likeness (QED) is 0.755. The summed E-state index contributed by atoms with van der Waals surface area (Å²) < 4.78 is 29.1. The van der Waals surface area contributed by atoms with Gasteiger partial charge in [0.05, 0.1) is 18.1 Å². The summed E-state index contributed by atoms with van der Waals surface area (Å²) in [5.74, 6) is 0. The first-order valence-corrected chi connectivity index (χ1v) is 8.67. The molecular weight excluding hydrogens is 316 g/mol. The number of aliphatic hydroxyl groups excluding tert-OH is 2. The van der Waals surface area contributed by atoms with E-state index in [0.717, 1.165) is 11.1 Å². The normalized spacial score (nSPS) is 13.0. The Bertz CT molecular complexity index is 721. The molecule has 0 aliphatic carbocycles. The topological polar surface area (TPSA) is 83.8 Å². The Kier molecular flexibility index (Phi) is 5.90. The molecule has 2 N–H and O–H groups in total. The third kappa shape index (κ3) is 4.87. The van der Waals surface area contributed by atoms with Crippen molar-refractivity contribution >= 4 is 10.1 Å². The molecule has 2 rings (SSSR count). The summed E-state index contributed by atoms with van der Waals surface area (Å²) in [7, 11) is -3.75. The van der Waals surface area contributed by atoms with E-state index in [1.165, 1.54) is 12.1 Å². The van der Waals surface area contributed by atoms with Gasteiger partial charge in [0.2, 0.25) is 0 Å². The highest BCUT2D eigenvalue weighted by Gasteiger charge is 2.14. The number of benzene rings is 2. The fraction of sp³-hybridized carbons (Fsp3) is 0.294. The maximum Gasteiger partial charge on any atom is 0.296 e. The Morgan fingerprint density at radius 3 is 2.22 bits per heavy atom. The number of aliphatic hydroxyl groups is 2. The second-order valence-corrected chi connectivity index (χ2v) is 6.89. The molecule has 0 fully saturated rings. The van der Waals surface area contributed by atoms with E-state index in [9.17, 15) is 13.5 Å². The van der Waals surface area contributed by atoms with Gasteiger partial charge in [-0.1, -0.05) is 42.0 Å². The molecule has 0 amide bonds. The van der Waals surface area contributed by atoms with Gasteiger partial charge in [-0.05, 0) is 36.6 Å². The van der Waals surface area contributed by atoms with Gasteiger partial charge in [-0.15, -0.1) is 0 Å². The van der Waals surface area contributed by atoms with Crippen molar-refractivity contribution in [3.05, 3.63) is 65.2 Å². The van der Waals surface area contributed by atoms with Crippen molar-refractivity contribution in [1.82, 2.24) is 0 Å². The maximum atomic E-state index is 12.0. The summed E-state index contributed by atoms with van der Waals surface area (Å²) in [6.45, 7) is 1.59. The van der Waals surface area contributed by atoms with Gasteiger partial charge in [0.25, 0.3) is 10.1 Å². The molecule has 6 heteroatoms. The molecule has 2 aromatic rings. The first-order chi connectivity index (χ1) is 10.9. The van der Waals surface area contributed by atoms with Gasteiger partial charge < -0.3 is 10.2 Å². The van der Waals surface area contributed by atoms with Crippen LogP contribution in [0, 0.1) is 6.92 Å². The van der Waals surface area contributed by atoms with Crippen LogP contribution in [0.25, 0.3) is 0 Å². The van der Waals surface area contributed by atoms with Crippen molar-refractivity contribution in [1.29, 1.82) is 0 Å². The first kappa shape index (κ1) is 17.6. The van der Waals surface area contributed by atoms with E-state index in [2.05, 4.69) is 0 Å². The molecule has 0 heterocycles. The van der Waals surface area contributed by atoms with E-state index in [1.807, 2.05) is 6.92 Å². The van der Waals surface area contributed by atoms with E-state index in [1.54, 1.807) is 36.4 Å². The van der Waals surface area contributed by atoms with Crippen LogP contribution in [-0.2, 0) is 20.7 Å². The van der Waals surface area contributed by atoms with Crippen molar-refractivity contribution in [3.63, 3.8) is 0 Å². The molecule has 5 nitrogen and oxygen atoms in total. The van der Waals surface area contributed by atoms with E-state index in [4.69, 9.17) is 9.29 Å². The van der Waals surface area contributed by atoms with Crippen LogP contribution in [0.3, 0.4) is 0 Å². The van der Waals surface area contributed by atoms with Crippen LogP contribution in [0.2, 0.25) is 0 Å². The molecule has 2 aromatic carbocycles. The smallest absolute Gasteiger partial charge is 0.296 e. The lowest BCUT2D eigenvalue weighted by molar-refractivity contribution is 0.0956. The molecular formula is C17H20O5S. The standard InChI is InChI=1S/C17H20O5S/c1-13-2-8-16(9-3-13)23(20,21)22-11-10-14-4-6-15(7-5-14)17(19)12-18/h2-9,17-19H,10-12H2,1H3. The SMILES string of the molecule is Cc1ccc(S(=O)(=O)OCCc2ccc(C(O)CO)cc2)cc1. The van der Waals surface area contributed by atoms with Crippen molar-refractivity contribution in [3.8, 4) is 0 Å². The summed E-state index contributed by atoms with van der Waals surface area (Å²) in [5, 5.41) is 18.4. The zero-order chi connectivity index (χ0) is 16.9. The Hall–Kier alpha value is -1.73. The fourth-order valence-electron chi connectivity index (χ4n) is 2.05. The zero-order valence-corrected chi connectivity index (χ0v) is 13.7. The largest absolute Gasteiger partial charge is 0.393 e. The summed E-state index contributed by atoms with van der Waals surface area (Å²) in [6.07, 6.45) is -0.470. The Morgan fingerprint density at radius 2 is 1.65 bits per heavy atom. The van der Waals surface area contributed by atoms with Crippen molar-refractivity contribution < 1.29 is 22.8 Å². The molecule has 0 aromatic heterocycles. The zero-order valence-electron chi connectivity index (χ0n) is 12.8. The maximum absolute atomic E-state index is 12.0. The fourth-order valence-corrected chi connectivity index (χ4v) is 2.96. The van der Waals surface area contributed by atoms with Gasteiger partial charge in [-0.25, -0.2) is 0 Å². The molecule has 0 saturated carbocycles. The van der Waals surface area contributed by atoms with Crippen molar-refractivity contribution in [2.45, 2.75) is 24.3 Å². The second kappa shape index (κ2) is 7.70. The van der Waals surface area contributed by atoms with Crippen LogP contribution in [0.1, 0.15) is 22.8 Å². The Labute approximate surface area is 136 Å². The molecule has 0 aliphatic rings. The Morgan fingerprint density at radius 1 is 1.04 bits per heavy atom. The van der Waals surface area contributed by atoms with Crippen LogP contribution in [0.15, 0.2) is 53.4 Å². The van der Waals surface area contributed by atoms with Crippen LogP contribution < -0.4 is 0 Å². The van der Waals surface area contributed by atoms with Gasteiger partial charge in [0, 0.05) is 0 Å². The van der Waals surface area contributed by atoms with Crippen LogP contribution in [0.4, 0.5) is 0 Å². The third-order valence-electron chi connectivity index (χ3n) is 3.48. The molecule has 1 atom stereocenters. The second-order valence-electron chi connectivity index (χ2n) is 5.28. The van der Waals surface area contributed by atoms with E-state index < -0.39 is 16.2 Å². The lowest BCUT2D eigenvalue weighted by Crippen LogP contribution is -2.09. The minimum atomic E-state index is -3.75. The van der Waals surface area contributed by atoms with Gasteiger partial charge in [-0.3, -0.25) is 4.18 Å². The van der Waals surface area contributed by atoms with Gasteiger partial charge in [0.1, 0.15) is 6.10 Å². The molecule has 0 aliphatic heterocycles. The predicted octanol–water partition coefficient (Wildman–Crippen LogP) is 1.97. The molecule has 0 spiro atoms. The van der Waals surface area contributed by atoms with Gasteiger partial charge >= 0.3 is 0 Å². The van der Waals surface area contributed by atoms with Crippen LogP contribution in [0.5, 0.6) is 0 Å². The summed E-state index contributed by atoms with van der Waals surface area (Å²) >= 11 is 0. The number of rotatable bonds is 7. The lowest BCUT2D eigenvalue weighted by atomic mass is 10.1. The van der Waals surface area contributed by atoms with Crippen LogP contribution in [-0.4, -0.2) is 31.8 Å². The first-order valence-electron chi connectivity index (χ1n) is 7.26.